The molecule has 0 saturated heterocycles. The molecular weight excluding hydrogens is 241 g/mol. The second-order valence-corrected chi connectivity index (χ2v) is 4.15. The highest BCUT2D eigenvalue weighted by Gasteiger charge is 2.31. The van der Waals surface area contributed by atoms with Crippen molar-refractivity contribution in [3.05, 3.63) is 41.5 Å². The molecule has 0 amide bonds. The number of rotatable bonds is 3. The minimum Gasteiger partial charge on any atom is -0.370 e. The largest absolute Gasteiger partial charge is 0.416 e. The van der Waals surface area contributed by atoms with E-state index in [0.29, 0.717) is 12.2 Å². The minimum absolute atomic E-state index is 0.00794. The average Bonchev–Trinajstić information content (AvgIpc) is 2.26. The van der Waals surface area contributed by atoms with Crippen LogP contribution in [-0.2, 0) is 6.18 Å². The minimum atomic E-state index is -4.43. The summed E-state index contributed by atoms with van der Waals surface area (Å²) in [5.41, 5.74) is 0.523. The van der Waals surface area contributed by atoms with E-state index in [1.807, 2.05) is 6.92 Å². The first kappa shape index (κ1) is 14.1. The molecule has 0 fully saturated rings. The molecule has 0 radical (unpaired) electrons. The van der Waals surface area contributed by atoms with Crippen molar-refractivity contribution < 1.29 is 13.2 Å². The molecule has 0 aliphatic carbocycles. The summed E-state index contributed by atoms with van der Waals surface area (Å²) in [6, 6.07) is 4.94. The summed E-state index contributed by atoms with van der Waals surface area (Å²) in [6.07, 6.45) is -4.43. The van der Waals surface area contributed by atoms with Crippen LogP contribution in [-0.4, -0.2) is 13.6 Å². The van der Waals surface area contributed by atoms with Crippen LogP contribution in [0.2, 0.25) is 0 Å². The molecule has 1 aromatic carbocycles. The van der Waals surface area contributed by atoms with Crippen LogP contribution in [0.3, 0.4) is 0 Å². The van der Waals surface area contributed by atoms with Crippen molar-refractivity contribution in [1.29, 1.82) is 5.26 Å². The van der Waals surface area contributed by atoms with Crippen molar-refractivity contribution in [3.8, 4) is 6.07 Å². The van der Waals surface area contributed by atoms with Gasteiger partial charge in [-0.1, -0.05) is 12.2 Å². The van der Waals surface area contributed by atoms with E-state index in [1.165, 1.54) is 6.07 Å². The molecule has 0 aromatic heterocycles. The Morgan fingerprint density at radius 1 is 1.44 bits per heavy atom. The van der Waals surface area contributed by atoms with Crippen LogP contribution >= 0.6 is 0 Å². The van der Waals surface area contributed by atoms with E-state index in [1.54, 1.807) is 18.0 Å². The van der Waals surface area contributed by atoms with Crippen LogP contribution in [0.5, 0.6) is 0 Å². The molecule has 0 aliphatic rings. The molecule has 0 N–H and O–H groups in total. The Balaban J connectivity index is 3.17. The maximum atomic E-state index is 12.5. The van der Waals surface area contributed by atoms with Gasteiger partial charge in [0.05, 0.1) is 16.8 Å². The SMILES string of the molecule is C=C(C)CN(C)c1ccc(C(F)(F)F)cc1C#N. The van der Waals surface area contributed by atoms with Gasteiger partial charge in [-0.15, -0.1) is 0 Å². The van der Waals surface area contributed by atoms with Gasteiger partial charge in [0.25, 0.3) is 0 Å². The Kier molecular flexibility index (Phi) is 4.02. The summed E-state index contributed by atoms with van der Waals surface area (Å²) in [5.74, 6) is 0. The zero-order valence-corrected chi connectivity index (χ0v) is 10.2. The molecule has 0 aliphatic heterocycles. The molecule has 18 heavy (non-hydrogen) atoms. The highest BCUT2D eigenvalue weighted by molar-refractivity contribution is 5.60. The second kappa shape index (κ2) is 5.13. The summed E-state index contributed by atoms with van der Waals surface area (Å²) >= 11 is 0. The molecule has 2 nitrogen and oxygen atoms in total. The summed E-state index contributed by atoms with van der Waals surface area (Å²) in [5, 5.41) is 8.93. The third-order valence-electron chi connectivity index (χ3n) is 2.36. The standard InChI is InChI=1S/C13H13F3N2/c1-9(2)8-18(3)12-5-4-11(13(14,15)16)6-10(12)7-17/h4-6H,1,8H2,2-3H3. The van der Waals surface area contributed by atoms with Gasteiger partial charge in [0, 0.05) is 13.6 Å². The fourth-order valence-corrected chi connectivity index (χ4v) is 1.62. The molecule has 1 rings (SSSR count). The number of alkyl halides is 3. The van der Waals surface area contributed by atoms with Gasteiger partial charge >= 0.3 is 6.18 Å². The number of hydrogen-bond acceptors (Lipinski definition) is 2. The predicted octanol–water partition coefficient (Wildman–Crippen LogP) is 3.59. The number of benzene rings is 1. The van der Waals surface area contributed by atoms with E-state index in [4.69, 9.17) is 5.26 Å². The van der Waals surface area contributed by atoms with E-state index in [0.717, 1.165) is 17.7 Å². The molecular formula is C13H13F3N2. The lowest BCUT2D eigenvalue weighted by molar-refractivity contribution is -0.137. The number of nitriles is 1. The molecule has 0 bridgehead atoms. The Bertz CT molecular complexity index is 498. The van der Waals surface area contributed by atoms with Crippen LogP contribution in [0.1, 0.15) is 18.1 Å². The lowest BCUT2D eigenvalue weighted by Crippen LogP contribution is -2.20. The average molecular weight is 254 g/mol. The first-order valence-corrected chi connectivity index (χ1v) is 5.22. The van der Waals surface area contributed by atoms with Crippen molar-refractivity contribution in [1.82, 2.24) is 0 Å². The maximum absolute atomic E-state index is 12.5. The van der Waals surface area contributed by atoms with Crippen molar-refractivity contribution in [2.45, 2.75) is 13.1 Å². The number of likely N-dealkylation sites (N-methyl/N-ethyl adjacent to an activating group) is 1. The van der Waals surface area contributed by atoms with Gasteiger partial charge in [-0.2, -0.15) is 18.4 Å². The molecule has 5 heteroatoms. The smallest absolute Gasteiger partial charge is 0.370 e. The van der Waals surface area contributed by atoms with E-state index in [2.05, 4.69) is 6.58 Å². The Labute approximate surface area is 104 Å². The molecule has 0 heterocycles. The highest BCUT2D eigenvalue weighted by atomic mass is 19.4. The zero-order chi connectivity index (χ0) is 13.9. The van der Waals surface area contributed by atoms with Gasteiger partial charge in [0.1, 0.15) is 6.07 Å². The Morgan fingerprint density at radius 2 is 2.06 bits per heavy atom. The molecule has 96 valence electrons. The van der Waals surface area contributed by atoms with E-state index in [9.17, 15) is 13.2 Å². The van der Waals surface area contributed by atoms with E-state index >= 15 is 0 Å². The number of nitrogens with zero attached hydrogens (tertiary/aromatic N) is 2. The number of halogens is 3. The van der Waals surface area contributed by atoms with Crippen LogP contribution in [0.15, 0.2) is 30.4 Å². The number of hydrogen-bond donors (Lipinski definition) is 0. The van der Waals surface area contributed by atoms with Gasteiger partial charge in [-0.25, -0.2) is 0 Å². The Morgan fingerprint density at radius 3 is 2.50 bits per heavy atom. The van der Waals surface area contributed by atoms with E-state index in [-0.39, 0.29) is 5.56 Å². The monoisotopic (exact) mass is 254 g/mol. The van der Waals surface area contributed by atoms with Crippen LogP contribution in [0, 0.1) is 11.3 Å². The zero-order valence-electron chi connectivity index (χ0n) is 10.2. The molecule has 0 unspecified atom stereocenters. The van der Waals surface area contributed by atoms with E-state index < -0.39 is 11.7 Å². The van der Waals surface area contributed by atoms with Crippen LogP contribution in [0.4, 0.5) is 18.9 Å². The third-order valence-corrected chi connectivity index (χ3v) is 2.36. The highest BCUT2D eigenvalue weighted by Crippen LogP contribution is 2.32. The molecule has 0 saturated carbocycles. The summed E-state index contributed by atoms with van der Waals surface area (Å²) in [6.45, 7) is 6.03. The Hall–Kier alpha value is -1.96. The first-order valence-electron chi connectivity index (χ1n) is 5.22. The lowest BCUT2D eigenvalue weighted by Gasteiger charge is -2.21. The lowest BCUT2D eigenvalue weighted by atomic mass is 10.1. The first-order chi connectivity index (χ1) is 8.25. The second-order valence-electron chi connectivity index (χ2n) is 4.15. The maximum Gasteiger partial charge on any atom is 0.416 e. The van der Waals surface area contributed by atoms with Crippen molar-refractivity contribution in [3.63, 3.8) is 0 Å². The van der Waals surface area contributed by atoms with Crippen molar-refractivity contribution >= 4 is 5.69 Å². The fourth-order valence-electron chi connectivity index (χ4n) is 1.62. The summed E-state index contributed by atoms with van der Waals surface area (Å²) in [7, 11) is 1.71. The normalized spacial score (nSPS) is 10.9. The summed E-state index contributed by atoms with van der Waals surface area (Å²) < 4.78 is 37.5. The molecule has 1 aromatic rings. The number of anilines is 1. The van der Waals surface area contributed by atoms with Crippen molar-refractivity contribution in [2.24, 2.45) is 0 Å². The molecule has 0 spiro atoms. The third kappa shape index (κ3) is 3.27. The quantitative estimate of drug-likeness (QED) is 0.771. The van der Waals surface area contributed by atoms with Crippen molar-refractivity contribution in [2.75, 3.05) is 18.5 Å². The van der Waals surface area contributed by atoms with Gasteiger partial charge in [-0.05, 0) is 25.1 Å². The van der Waals surface area contributed by atoms with Crippen LogP contribution < -0.4 is 4.90 Å². The topological polar surface area (TPSA) is 27.0 Å². The van der Waals surface area contributed by atoms with Gasteiger partial charge < -0.3 is 4.90 Å². The van der Waals surface area contributed by atoms with Gasteiger partial charge in [-0.3, -0.25) is 0 Å². The van der Waals surface area contributed by atoms with Crippen LogP contribution in [0.25, 0.3) is 0 Å². The fraction of sp³-hybridized carbons (Fsp3) is 0.308. The predicted molar refractivity (Wildman–Crippen MR) is 64.2 cm³/mol. The molecule has 0 atom stereocenters. The van der Waals surface area contributed by atoms with Gasteiger partial charge in [0.2, 0.25) is 0 Å². The summed E-state index contributed by atoms with van der Waals surface area (Å²) in [4.78, 5) is 1.70. The van der Waals surface area contributed by atoms with Gasteiger partial charge in [0.15, 0.2) is 0 Å².